The summed E-state index contributed by atoms with van der Waals surface area (Å²) < 4.78 is 16.2. The Kier molecular flexibility index (Phi) is 7.72. The lowest BCUT2D eigenvalue weighted by Gasteiger charge is -2.34. The SMILES string of the molecule is Cc1cc2c3c(c1)c1cc(C)c(Oc4cc(C5=N[C@H](C6CCCCC6)[C@@H](c6ccccc6)O5)cc(-c5ccccn5)c4)cc1n3-c1ncccc1C2(C)C. The fourth-order valence-corrected chi connectivity index (χ4v) is 9.33. The Labute approximate surface area is 316 Å². The number of aromatic nitrogens is 3. The maximum absolute atomic E-state index is 6.96. The molecule has 2 aliphatic heterocycles. The molecule has 0 bridgehead atoms. The van der Waals surface area contributed by atoms with Gasteiger partial charge in [-0.05, 0) is 97.8 Å². The molecular weight excluding hydrogens is 665 g/mol. The third kappa shape index (κ3) is 5.33. The Hall–Kier alpha value is -5.75. The average molecular weight is 709 g/mol. The van der Waals surface area contributed by atoms with Crippen molar-refractivity contribution in [2.75, 3.05) is 0 Å². The second-order valence-electron chi connectivity index (χ2n) is 16.0. The van der Waals surface area contributed by atoms with Crippen molar-refractivity contribution < 1.29 is 9.47 Å². The molecular formula is C48H44N4O2. The molecule has 0 saturated heterocycles. The first kappa shape index (κ1) is 32.9. The number of fused-ring (bicyclic) bond motifs is 5. The van der Waals surface area contributed by atoms with Crippen LogP contribution in [0.3, 0.4) is 0 Å². The van der Waals surface area contributed by atoms with E-state index in [4.69, 9.17) is 24.4 Å². The van der Waals surface area contributed by atoms with Crippen molar-refractivity contribution in [1.82, 2.24) is 14.5 Å². The van der Waals surface area contributed by atoms with Gasteiger partial charge >= 0.3 is 0 Å². The molecule has 1 saturated carbocycles. The molecule has 1 aliphatic carbocycles. The van der Waals surface area contributed by atoms with E-state index in [-0.39, 0.29) is 17.6 Å². The Balaban J connectivity index is 1.11. The van der Waals surface area contributed by atoms with Gasteiger partial charge in [0, 0.05) is 51.3 Å². The second-order valence-corrected chi connectivity index (χ2v) is 16.0. The highest BCUT2D eigenvalue weighted by atomic mass is 16.5. The normalized spacial score (nSPS) is 19.1. The molecule has 1 fully saturated rings. The van der Waals surface area contributed by atoms with Gasteiger partial charge in [0.1, 0.15) is 23.4 Å². The molecule has 2 atom stereocenters. The van der Waals surface area contributed by atoms with Gasteiger partial charge in [0.05, 0.1) is 22.8 Å². The van der Waals surface area contributed by atoms with Crippen LogP contribution in [0.4, 0.5) is 0 Å². The van der Waals surface area contributed by atoms with Crippen LogP contribution < -0.4 is 4.74 Å². The number of aliphatic imine (C=N–C) groups is 1. The molecule has 7 aromatic rings. The average Bonchev–Trinajstić information content (AvgIpc) is 3.78. The molecule has 0 N–H and O–H groups in total. The van der Waals surface area contributed by atoms with Gasteiger partial charge in [-0.3, -0.25) is 9.55 Å². The van der Waals surface area contributed by atoms with Gasteiger partial charge in [-0.2, -0.15) is 0 Å². The summed E-state index contributed by atoms with van der Waals surface area (Å²) >= 11 is 0. The molecule has 3 aliphatic rings. The summed E-state index contributed by atoms with van der Waals surface area (Å²) in [5.41, 5.74) is 10.9. The summed E-state index contributed by atoms with van der Waals surface area (Å²) in [5, 5.41) is 2.45. The number of aryl methyl sites for hydroxylation is 2. The van der Waals surface area contributed by atoms with Crippen LogP contribution in [0, 0.1) is 19.8 Å². The zero-order chi connectivity index (χ0) is 36.6. The third-order valence-electron chi connectivity index (χ3n) is 12.1. The molecule has 6 nitrogen and oxygen atoms in total. The quantitative estimate of drug-likeness (QED) is 0.173. The van der Waals surface area contributed by atoms with Crippen molar-refractivity contribution in [1.29, 1.82) is 0 Å². The molecule has 4 aromatic carbocycles. The Morgan fingerprint density at radius 3 is 2.35 bits per heavy atom. The smallest absolute Gasteiger partial charge is 0.217 e. The highest BCUT2D eigenvalue weighted by Crippen LogP contribution is 2.49. The van der Waals surface area contributed by atoms with Crippen LogP contribution in [0.2, 0.25) is 0 Å². The predicted molar refractivity (Wildman–Crippen MR) is 217 cm³/mol. The topological polar surface area (TPSA) is 61.5 Å². The zero-order valence-corrected chi connectivity index (χ0v) is 31.3. The molecule has 3 aromatic heterocycles. The Bertz CT molecular complexity index is 2600. The van der Waals surface area contributed by atoms with Crippen molar-refractivity contribution in [2.24, 2.45) is 10.9 Å². The van der Waals surface area contributed by atoms with Gasteiger partial charge in [0.15, 0.2) is 0 Å². The van der Waals surface area contributed by atoms with Crippen molar-refractivity contribution in [3.05, 3.63) is 149 Å². The largest absolute Gasteiger partial charge is 0.467 e. The number of benzene rings is 4. The van der Waals surface area contributed by atoms with E-state index in [2.05, 4.69) is 111 Å². The van der Waals surface area contributed by atoms with E-state index in [1.807, 2.05) is 36.7 Å². The molecule has 0 spiro atoms. The van der Waals surface area contributed by atoms with E-state index in [1.165, 1.54) is 70.6 Å². The first-order valence-electron chi connectivity index (χ1n) is 19.4. The van der Waals surface area contributed by atoms with Crippen molar-refractivity contribution in [3.8, 4) is 28.6 Å². The van der Waals surface area contributed by atoms with Crippen LogP contribution >= 0.6 is 0 Å². The van der Waals surface area contributed by atoms with Gasteiger partial charge < -0.3 is 9.47 Å². The Morgan fingerprint density at radius 2 is 1.54 bits per heavy atom. The fourth-order valence-electron chi connectivity index (χ4n) is 9.33. The van der Waals surface area contributed by atoms with E-state index in [9.17, 15) is 0 Å². The van der Waals surface area contributed by atoms with Crippen LogP contribution in [0.15, 0.2) is 121 Å². The lowest BCUT2D eigenvalue weighted by molar-refractivity contribution is 0.150. The van der Waals surface area contributed by atoms with Crippen LogP contribution in [0.5, 0.6) is 11.5 Å². The van der Waals surface area contributed by atoms with Crippen molar-refractivity contribution >= 4 is 27.7 Å². The predicted octanol–water partition coefficient (Wildman–Crippen LogP) is 11.8. The van der Waals surface area contributed by atoms with Crippen LogP contribution in [0.1, 0.15) is 85.4 Å². The summed E-state index contributed by atoms with van der Waals surface area (Å²) in [5.74, 6) is 3.65. The molecule has 5 heterocycles. The fraction of sp³-hybridized carbons (Fsp3) is 0.271. The summed E-state index contributed by atoms with van der Waals surface area (Å²) in [6.07, 6.45) is 9.80. The monoisotopic (exact) mass is 708 g/mol. The van der Waals surface area contributed by atoms with E-state index < -0.39 is 0 Å². The number of ether oxygens (including phenoxy) is 2. The van der Waals surface area contributed by atoms with E-state index in [0.29, 0.717) is 17.6 Å². The number of hydrogen-bond acceptors (Lipinski definition) is 5. The maximum Gasteiger partial charge on any atom is 0.217 e. The van der Waals surface area contributed by atoms with Crippen molar-refractivity contribution in [2.45, 2.75) is 77.4 Å². The van der Waals surface area contributed by atoms with Gasteiger partial charge in [0.25, 0.3) is 0 Å². The minimum atomic E-state index is -0.185. The standard InChI is InChI=1S/C48H44N4O2/c1-29-22-37-36-24-30(2)42(28-41(36)52-44(37)39(23-29)48(3,4)38-18-13-21-50-46(38)52)53-35-26-33(40-19-11-12-20-49-40)25-34(27-35)47-51-43(31-14-7-5-8-15-31)45(54-47)32-16-9-6-10-17-32/h6,9-13,16-28,31,43,45H,5,7-8,14-15H2,1-4H3/t43-,45-/m1/s1. The number of rotatable bonds is 6. The number of pyridine rings is 2. The number of hydrogen-bond donors (Lipinski definition) is 0. The highest BCUT2D eigenvalue weighted by Gasteiger charge is 2.39. The Morgan fingerprint density at radius 1 is 0.741 bits per heavy atom. The number of nitrogens with zero attached hydrogens (tertiary/aromatic N) is 4. The summed E-state index contributed by atoms with van der Waals surface area (Å²) in [6, 6.07) is 36.4. The second kappa shape index (κ2) is 12.7. The molecule has 54 heavy (non-hydrogen) atoms. The molecule has 0 radical (unpaired) electrons. The highest BCUT2D eigenvalue weighted by molar-refractivity contribution is 6.12. The third-order valence-corrected chi connectivity index (χ3v) is 12.1. The zero-order valence-electron chi connectivity index (χ0n) is 31.3. The molecule has 10 rings (SSSR count). The molecule has 0 unspecified atom stereocenters. The lowest BCUT2D eigenvalue weighted by atomic mass is 9.75. The summed E-state index contributed by atoms with van der Waals surface area (Å²) in [7, 11) is 0. The lowest BCUT2D eigenvalue weighted by Crippen LogP contribution is -2.27. The van der Waals surface area contributed by atoms with Crippen LogP contribution in [0.25, 0.3) is 38.9 Å². The van der Waals surface area contributed by atoms with Gasteiger partial charge in [-0.25, -0.2) is 9.98 Å². The van der Waals surface area contributed by atoms with E-state index in [0.717, 1.165) is 39.5 Å². The van der Waals surface area contributed by atoms with Crippen LogP contribution in [-0.2, 0) is 10.2 Å². The van der Waals surface area contributed by atoms with E-state index in [1.54, 1.807) is 0 Å². The summed E-state index contributed by atoms with van der Waals surface area (Å²) in [6.45, 7) is 8.96. The molecule has 268 valence electrons. The van der Waals surface area contributed by atoms with Gasteiger partial charge in [-0.15, -0.1) is 0 Å². The minimum absolute atomic E-state index is 0.0747. The van der Waals surface area contributed by atoms with E-state index >= 15 is 0 Å². The first-order chi connectivity index (χ1) is 26.3. The molecule has 6 heteroatoms. The molecule has 0 amide bonds. The van der Waals surface area contributed by atoms with Gasteiger partial charge in [-0.1, -0.05) is 87.2 Å². The van der Waals surface area contributed by atoms with Crippen molar-refractivity contribution in [3.63, 3.8) is 0 Å². The first-order valence-corrected chi connectivity index (χ1v) is 19.4. The maximum atomic E-state index is 6.96. The van der Waals surface area contributed by atoms with Gasteiger partial charge in [0.2, 0.25) is 5.90 Å². The van der Waals surface area contributed by atoms with Crippen LogP contribution in [-0.4, -0.2) is 26.5 Å². The minimum Gasteiger partial charge on any atom is -0.467 e. The summed E-state index contributed by atoms with van der Waals surface area (Å²) in [4.78, 5) is 15.1.